The molecule has 0 bridgehead atoms. The van der Waals surface area contributed by atoms with E-state index in [2.05, 4.69) is 9.88 Å². The predicted molar refractivity (Wildman–Crippen MR) is 79.9 cm³/mol. The van der Waals surface area contributed by atoms with E-state index in [1.165, 1.54) is 11.3 Å². The maximum atomic E-state index is 12.4. The van der Waals surface area contributed by atoms with Crippen molar-refractivity contribution in [2.45, 2.75) is 38.3 Å². The quantitative estimate of drug-likeness (QED) is 0.887. The molecule has 1 amide bonds. The van der Waals surface area contributed by atoms with Crippen LogP contribution in [0.4, 0.5) is 0 Å². The van der Waals surface area contributed by atoms with Crippen LogP contribution in [0.25, 0.3) is 0 Å². The van der Waals surface area contributed by atoms with Gasteiger partial charge >= 0.3 is 0 Å². The molecule has 1 aromatic rings. The van der Waals surface area contributed by atoms with Crippen LogP contribution >= 0.6 is 11.3 Å². The molecule has 5 nitrogen and oxygen atoms in total. The van der Waals surface area contributed by atoms with Crippen LogP contribution in [-0.2, 0) is 0 Å². The van der Waals surface area contributed by atoms with Gasteiger partial charge < -0.3 is 10.6 Å². The summed E-state index contributed by atoms with van der Waals surface area (Å²) in [7, 11) is 0. The Balaban J connectivity index is 1.58. The number of amides is 1. The zero-order valence-electron chi connectivity index (χ0n) is 11.9. The van der Waals surface area contributed by atoms with Crippen molar-refractivity contribution in [2.24, 2.45) is 5.73 Å². The molecular weight excluding hydrogens is 272 g/mol. The molecule has 1 atom stereocenters. The summed E-state index contributed by atoms with van der Waals surface area (Å²) in [6.45, 7) is 5.81. The second-order valence-corrected chi connectivity index (χ2v) is 7.05. The molecular formula is C14H22N4OS. The smallest absolute Gasteiger partial charge is 0.265 e. The SMILES string of the molecule is Cc1ncc(C(=O)N2CCC(N3CCC(N)CC3)C2)s1. The fourth-order valence-corrected chi connectivity index (χ4v) is 3.87. The lowest BCUT2D eigenvalue weighted by molar-refractivity contribution is 0.0774. The van der Waals surface area contributed by atoms with E-state index >= 15 is 0 Å². The summed E-state index contributed by atoms with van der Waals surface area (Å²) in [5.74, 6) is 0.145. The lowest BCUT2D eigenvalue weighted by atomic mass is 10.0. The Morgan fingerprint density at radius 3 is 2.75 bits per heavy atom. The van der Waals surface area contributed by atoms with Gasteiger partial charge in [0.25, 0.3) is 5.91 Å². The fourth-order valence-electron chi connectivity index (χ4n) is 3.12. The van der Waals surface area contributed by atoms with Gasteiger partial charge in [-0.05, 0) is 39.3 Å². The van der Waals surface area contributed by atoms with Crippen molar-refractivity contribution in [1.82, 2.24) is 14.8 Å². The van der Waals surface area contributed by atoms with Gasteiger partial charge in [0.15, 0.2) is 0 Å². The molecule has 0 radical (unpaired) electrons. The van der Waals surface area contributed by atoms with Gasteiger partial charge in [0.2, 0.25) is 0 Å². The number of carbonyl (C=O) groups excluding carboxylic acids is 1. The zero-order chi connectivity index (χ0) is 14.1. The molecule has 2 aliphatic heterocycles. The Bertz CT molecular complexity index is 481. The number of thiazole rings is 1. The number of aryl methyl sites for hydroxylation is 1. The monoisotopic (exact) mass is 294 g/mol. The molecule has 0 aliphatic carbocycles. The minimum atomic E-state index is 0.145. The zero-order valence-corrected chi connectivity index (χ0v) is 12.7. The summed E-state index contributed by atoms with van der Waals surface area (Å²) in [6, 6.07) is 0.881. The van der Waals surface area contributed by atoms with Crippen LogP contribution < -0.4 is 5.73 Å². The van der Waals surface area contributed by atoms with E-state index in [1.807, 2.05) is 11.8 Å². The van der Waals surface area contributed by atoms with Crippen molar-refractivity contribution in [3.05, 3.63) is 16.1 Å². The van der Waals surface area contributed by atoms with Crippen LogP contribution in [0.3, 0.4) is 0 Å². The first kappa shape index (κ1) is 14.0. The van der Waals surface area contributed by atoms with Gasteiger partial charge in [0.05, 0.1) is 11.2 Å². The number of likely N-dealkylation sites (tertiary alicyclic amines) is 2. The molecule has 110 valence electrons. The molecule has 0 saturated carbocycles. The molecule has 0 spiro atoms. The van der Waals surface area contributed by atoms with Gasteiger partial charge in [-0.25, -0.2) is 4.98 Å². The number of hydrogen-bond acceptors (Lipinski definition) is 5. The molecule has 20 heavy (non-hydrogen) atoms. The maximum Gasteiger partial charge on any atom is 0.265 e. The second kappa shape index (κ2) is 5.79. The highest BCUT2D eigenvalue weighted by Crippen LogP contribution is 2.23. The number of carbonyl (C=O) groups is 1. The number of rotatable bonds is 2. The molecule has 6 heteroatoms. The Labute approximate surface area is 123 Å². The van der Waals surface area contributed by atoms with Crippen LogP contribution in [0, 0.1) is 6.92 Å². The standard InChI is InChI=1S/C14H22N4OS/c1-10-16-8-13(20-10)14(19)18-7-4-12(9-18)17-5-2-11(15)3-6-17/h8,11-12H,2-7,9,15H2,1H3. The topological polar surface area (TPSA) is 62.5 Å². The van der Waals surface area contributed by atoms with Crippen molar-refractivity contribution in [2.75, 3.05) is 26.2 Å². The normalized spacial score (nSPS) is 25.3. The van der Waals surface area contributed by atoms with Gasteiger partial charge in [-0.2, -0.15) is 0 Å². The van der Waals surface area contributed by atoms with Crippen LogP contribution in [0.15, 0.2) is 6.20 Å². The van der Waals surface area contributed by atoms with Crippen molar-refractivity contribution in [1.29, 1.82) is 0 Å². The molecule has 2 saturated heterocycles. The summed E-state index contributed by atoms with van der Waals surface area (Å²) >= 11 is 1.49. The number of nitrogens with zero attached hydrogens (tertiary/aromatic N) is 3. The van der Waals surface area contributed by atoms with Gasteiger partial charge in [-0.3, -0.25) is 9.69 Å². The molecule has 1 aromatic heterocycles. The van der Waals surface area contributed by atoms with E-state index in [0.29, 0.717) is 12.1 Å². The predicted octanol–water partition coefficient (Wildman–Crippen LogP) is 1.09. The molecule has 3 rings (SSSR count). The third kappa shape index (κ3) is 2.87. The number of aromatic nitrogens is 1. The highest BCUT2D eigenvalue weighted by atomic mass is 32.1. The van der Waals surface area contributed by atoms with E-state index in [1.54, 1.807) is 6.20 Å². The van der Waals surface area contributed by atoms with Gasteiger partial charge in [0.1, 0.15) is 4.88 Å². The van der Waals surface area contributed by atoms with Crippen LogP contribution in [0.2, 0.25) is 0 Å². The van der Waals surface area contributed by atoms with Crippen molar-refractivity contribution >= 4 is 17.2 Å². The minimum absolute atomic E-state index is 0.145. The van der Waals surface area contributed by atoms with Crippen LogP contribution in [0.5, 0.6) is 0 Å². The average Bonchev–Trinajstić information content (AvgIpc) is 3.08. The van der Waals surface area contributed by atoms with Crippen molar-refractivity contribution in [3.8, 4) is 0 Å². The minimum Gasteiger partial charge on any atom is -0.336 e. The van der Waals surface area contributed by atoms with Gasteiger partial charge in [0, 0.05) is 25.2 Å². The molecule has 2 N–H and O–H groups in total. The summed E-state index contributed by atoms with van der Waals surface area (Å²) in [5, 5.41) is 0.953. The molecule has 2 aliphatic rings. The number of nitrogens with two attached hydrogens (primary N) is 1. The Morgan fingerprint density at radius 1 is 1.35 bits per heavy atom. The fraction of sp³-hybridized carbons (Fsp3) is 0.714. The van der Waals surface area contributed by atoms with Gasteiger partial charge in [-0.15, -0.1) is 11.3 Å². The summed E-state index contributed by atoms with van der Waals surface area (Å²) < 4.78 is 0. The summed E-state index contributed by atoms with van der Waals surface area (Å²) in [5.41, 5.74) is 5.95. The van der Waals surface area contributed by atoms with Crippen molar-refractivity contribution in [3.63, 3.8) is 0 Å². The second-order valence-electron chi connectivity index (χ2n) is 5.81. The molecule has 1 unspecified atom stereocenters. The maximum absolute atomic E-state index is 12.4. The van der Waals surface area contributed by atoms with Crippen LogP contribution in [-0.4, -0.2) is 59.0 Å². The third-order valence-electron chi connectivity index (χ3n) is 4.37. The highest BCUT2D eigenvalue weighted by Gasteiger charge is 2.32. The van der Waals surface area contributed by atoms with Crippen molar-refractivity contribution < 1.29 is 4.79 Å². The summed E-state index contributed by atoms with van der Waals surface area (Å²) in [4.78, 5) is 21.8. The average molecular weight is 294 g/mol. The van der Waals surface area contributed by atoms with E-state index in [9.17, 15) is 4.79 Å². The first-order valence-corrected chi connectivity index (χ1v) is 8.16. The lowest BCUT2D eigenvalue weighted by Crippen LogP contribution is -2.46. The Hall–Kier alpha value is -0.980. The van der Waals surface area contributed by atoms with E-state index < -0.39 is 0 Å². The third-order valence-corrected chi connectivity index (χ3v) is 5.27. The van der Waals surface area contributed by atoms with E-state index in [-0.39, 0.29) is 5.91 Å². The molecule has 2 fully saturated rings. The summed E-state index contributed by atoms with van der Waals surface area (Å²) in [6.07, 6.45) is 4.95. The largest absolute Gasteiger partial charge is 0.336 e. The van der Waals surface area contributed by atoms with Crippen LogP contribution in [0.1, 0.15) is 33.9 Å². The highest BCUT2D eigenvalue weighted by molar-refractivity contribution is 7.13. The Kier molecular flexibility index (Phi) is 4.05. The molecule has 3 heterocycles. The molecule has 0 aromatic carbocycles. The van der Waals surface area contributed by atoms with E-state index in [4.69, 9.17) is 5.73 Å². The first-order chi connectivity index (χ1) is 9.63. The van der Waals surface area contributed by atoms with Gasteiger partial charge in [-0.1, -0.05) is 0 Å². The Morgan fingerprint density at radius 2 is 2.10 bits per heavy atom. The lowest BCUT2D eigenvalue weighted by Gasteiger charge is -2.34. The first-order valence-electron chi connectivity index (χ1n) is 7.35. The number of hydrogen-bond donors (Lipinski definition) is 1. The van der Waals surface area contributed by atoms with E-state index in [0.717, 1.165) is 55.3 Å². The number of piperidine rings is 1.